The van der Waals surface area contributed by atoms with Crippen molar-refractivity contribution in [2.75, 3.05) is 9.80 Å². The molecular formula is C33H28N6. The second-order valence-electron chi connectivity index (χ2n) is 10.6. The summed E-state index contributed by atoms with van der Waals surface area (Å²) in [5.41, 5.74) is 6.61. The van der Waals surface area contributed by atoms with Gasteiger partial charge in [-0.05, 0) is 48.0 Å². The van der Waals surface area contributed by atoms with Crippen molar-refractivity contribution in [3.8, 4) is 22.5 Å². The van der Waals surface area contributed by atoms with Crippen LogP contribution in [0.4, 0.5) is 23.0 Å². The van der Waals surface area contributed by atoms with Crippen LogP contribution < -0.4 is 9.80 Å². The number of pyridine rings is 2. The molecule has 6 heteroatoms. The molecule has 0 fully saturated rings. The number of hydrogen-bond donors (Lipinski definition) is 0. The molecule has 5 aromatic rings. The topological polar surface area (TPSA) is 58.0 Å². The lowest BCUT2D eigenvalue weighted by Crippen LogP contribution is -2.54. The van der Waals surface area contributed by atoms with Gasteiger partial charge in [-0.2, -0.15) is 0 Å². The van der Waals surface area contributed by atoms with Gasteiger partial charge in [0.05, 0.1) is 0 Å². The summed E-state index contributed by atoms with van der Waals surface area (Å²) < 4.78 is 0. The summed E-state index contributed by atoms with van der Waals surface area (Å²) in [5.74, 6) is 1.80. The molecule has 0 N–H and O–H groups in total. The first-order valence-electron chi connectivity index (χ1n) is 13.2. The average Bonchev–Trinajstić information content (AvgIpc) is 3.33. The summed E-state index contributed by atoms with van der Waals surface area (Å²) in [7, 11) is 0. The van der Waals surface area contributed by atoms with Gasteiger partial charge in [-0.15, -0.1) is 6.58 Å². The van der Waals surface area contributed by atoms with Crippen LogP contribution in [0.1, 0.15) is 25.3 Å². The fourth-order valence-corrected chi connectivity index (χ4v) is 6.22. The van der Waals surface area contributed by atoms with Crippen LogP contribution in [-0.2, 0) is 0 Å². The van der Waals surface area contributed by atoms with Crippen LogP contribution in [0.25, 0.3) is 22.5 Å². The third-order valence-electron chi connectivity index (χ3n) is 7.94. The zero-order chi connectivity index (χ0) is 26.6. The van der Waals surface area contributed by atoms with Gasteiger partial charge in [0.1, 0.15) is 17.6 Å². The van der Waals surface area contributed by atoms with E-state index < -0.39 is 0 Å². The molecule has 0 spiro atoms. The summed E-state index contributed by atoms with van der Waals surface area (Å²) in [6, 6.07) is 27.0. The lowest BCUT2D eigenvalue weighted by molar-refractivity contribution is 0.248. The molecule has 7 rings (SSSR count). The van der Waals surface area contributed by atoms with Gasteiger partial charge in [-0.3, -0.25) is 9.97 Å². The lowest BCUT2D eigenvalue weighted by atomic mass is 9.69. The minimum absolute atomic E-state index is 0.0707. The number of allylic oxidation sites excluding steroid dienone is 1. The van der Waals surface area contributed by atoms with Gasteiger partial charge in [-0.1, -0.05) is 56.3 Å². The zero-order valence-electron chi connectivity index (χ0n) is 21.9. The molecule has 3 aromatic heterocycles. The maximum Gasteiger partial charge on any atom is 0.179 e. The van der Waals surface area contributed by atoms with Crippen molar-refractivity contribution < 1.29 is 0 Å². The Morgan fingerprint density at radius 1 is 0.718 bits per heavy atom. The summed E-state index contributed by atoms with van der Waals surface area (Å²) in [6.45, 7) is 8.90. The molecule has 6 nitrogen and oxygen atoms in total. The van der Waals surface area contributed by atoms with Crippen LogP contribution in [-0.4, -0.2) is 26.1 Å². The van der Waals surface area contributed by atoms with E-state index in [1.165, 1.54) is 5.56 Å². The minimum atomic E-state index is -0.225. The number of para-hydroxylation sites is 2. The molecule has 39 heavy (non-hydrogen) atoms. The summed E-state index contributed by atoms with van der Waals surface area (Å²) in [5, 5.41) is 0. The van der Waals surface area contributed by atoms with E-state index in [0.717, 1.165) is 45.5 Å². The van der Waals surface area contributed by atoms with Gasteiger partial charge in [0.15, 0.2) is 11.6 Å². The second-order valence-corrected chi connectivity index (χ2v) is 10.6. The van der Waals surface area contributed by atoms with Gasteiger partial charge in [0, 0.05) is 58.6 Å². The Balaban J connectivity index is 1.57. The standard InChI is InChI=1S/C33H28N6/c1-4-26-25-16-8-9-17-27(25)39-31-30(38(32(39)33(26,2)3)24-14-6-5-7-15-24)36-28(22-12-10-18-34-20-22)29(37-31)23-13-11-19-35-21-23/h4-21,26,32H,1H2,2-3H3. The van der Waals surface area contributed by atoms with Crippen molar-refractivity contribution in [2.24, 2.45) is 5.41 Å². The van der Waals surface area contributed by atoms with Crippen LogP contribution in [0.15, 0.2) is 116 Å². The van der Waals surface area contributed by atoms with Gasteiger partial charge in [0.25, 0.3) is 0 Å². The summed E-state index contributed by atoms with van der Waals surface area (Å²) in [6.07, 6.45) is 9.27. The normalized spacial score (nSPS) is 18.7. The molecular weight excluding hydrogens is 480 g/mol. The van der Waals surface area contributed by atoms with E-state index in [1.54, 1.807) is 12.4 Å². The predicted octanol–water partition coefficient (Wildman–Crippen LogP) is 7.53. The monoisotopic (exact) mass is 508 g/mol. The smallest absolute Gasteiger partial charge is 0.179 e. The van der Waals surface area contributed by atoms with Gasteiger partial charge in [0.2, 0.25) is 0 Å². The van der Waals surface area contributed by atoms with Gasteiger partial charge in [-0.25, -0.2) is 9.97 Å². The highest BCUT2D eigenvalue weighted by molar-refractivity contribution is 5.90. The maximum absolute atomic E-state index is 5.40. The Hall–Kier alpha value is -4.84. The van der Waals surface area contributed by atoms with E-state index >= 15 is 0 Å². The third kappa shape index (κ3) is 3.48. The van der Waals surface area contributed by atoms with E-state index in [1.807, 2.05) is 42.7 Å². The van der Waals surface area contributed by atoms with Crippen LogP contribution in [0.2, 0.25) is 0 Å². The van der Waals surface area contributed by atoms with Crippen molar-refractivity contribution in [3.05, 3.63) is 122 Å². The molecule has 0 radical (unpaired) electrons. The molecule has 0 bridgehead atoms. The molecule has 5 heterocycles. The Labute approximate surface area is 228 Å². The molecule has 0 saturated heterocycles. The first kappa shape index (κ1) is 23.3. The third-order valence-corrected chi connectivity index (χ3v) is 7.94. The zero-order valence-corrected chi connectivity index (χ0v) is 21.9. The first-order chi connectivity index (χ1) is 19.1. The number of aromatic nitrogens is 4. The SMILES string of the molecule is C=CC1c2ccccc2N2c3nc(-c4cccnc4)c(-c4cccnc4)nc3N(c3ccccc3)C2C1(C)C. The highest BCUT2D eigenvalue weighted by Gasteiger charge is 2.55. The van der Waals surface area contributed by atoms with Crippen molar-refractivity contribution in [3.63, 3.8) is 0 Å². The number of benzene rings is 2. The molecule has 0 amide bonds. The minimum Gasteiger partial charge on any atom is -0.301 e. The molecule has 2 aromatic carbocycles. The number of anilines is 4. The molecule has 2 unspecified atom stereocenters. The summed E-state index contributed by atoms with van der Waals surface area (Å²) in [4.78, 5) is 24.3. The molecule has 2 aliphatic heterocycles. The highest BCUT2D eigenvalue weighted by atomic mass is 15.5. The molecule has 0 aliphatic carbocycles. The van der Waals surface area contributed by atoms with Crippen LogP contribution in [0, 0.1) is 5.41 Å². The number of fused-ring (bicyclic) bond motifs is 5. The van der Waals surface area contributed by atoms with Crippen molar-refractivity contribution in [1.82, 2.24) is 19.9 Å². The van der Waals surface area contributed by atoms with Crippen molar-refractivity contribution in [2.45, 2.75) is 25.9 Å². The van der Waals surface area contributed by atoms with E-state index in [2.05, 4.69) is 94.8 Å². The Morgan fingerprint density at radius 2 is 1.31 bits per heavy atom. The van der Waals surface area contributed by atoms with E-state index in [9.17, 15) is 0 Å². The number of hydrogen-bond acceptors (Lipinski definition) is 6. The first-order valence-corrected chi connectivity index (χ1v) is 13.2. The largest absolute Gasteiger partial charge is 0.301 e. The van der Waals surface area contributed by atoms with E-state index in [4.69, 9.17) is 9.97 Å². The van der Waals surface area contributed by atoms with Crippen LogP contribution >= 0.6 is 0 Å². The highest BCUT2D eigenvalue weighted by Crippen LogP contribution is 2.60. The van der Waals surface area contributed by atoms with Gasteiger partial charge < -0.3 is 9.80 Å². The van der Waals surface area contributed by atoms with E-state index in [-0.39, 0.29) is 17.5 Å². The Bertz CT molecular complexity index is 1670. The second kappa shape index (κ2) is 8.88. The summed E-state index contributed by atoms with van der Waals surface area (Å²) >= 11 is 0. The molecule has 2 aliphatic rings. The van der Waals surface area contributed by atoms with Crippen LogP contribution in [0.3, 0.4) is 0 Å². The molecule has 190 valence electrons. The number of rotatable bonds is 4. The fraction of sp³-hybridized carbons (Fsp3) is 0.152. The van der Waals surface area contributed by atoms with Gasteiger partial charge >= 0.3 is 0 Å². The Morgan fingerprint density at radius 3 is 1.90 bits per heavy atom. The number of nitrogens with zero attached hydrogens (tertiary/aromatic N) is 6. The average molecular weight is 509 g/mol. The predicted molar refractivity (Wildman–Crippen MR) is 156 cm³/mol. The molecule has 2 atom stereocenters. The van der Waals surface area contributed by atoms with Crippen molar-refractivity contribution >= 4 is 23.0 Å². The maximum atomic E-state index is 5.40. The van der Waals surface area contributed by atoms with Crippen molar-refractivity contribution in [1.29, 1.82) is 0 Å². The van der Waals surface area contributed by atoms with Crippen LogP contribution in [0.5, 0.6) is 0 Å². The fourth-order valence-electron chi connectivity index (χ4n) is 6.22. The Kier molecular flexibility index (Phi) is 5.30. The quantitative estimate of drug-likeness (QED) is 0.234. The molecule has 0 saturated carbocycles. The van der Waals surface area contributed by atoms with E-state index in [0.29, 0.717) is 0 Å². The lowest BCUT2D eigenvalue weighted by Gasteiger charge is -2.51.